The molecule has 4 nitrogen and oxygen atoms in total. The Bertz CT molecular complexity index is 616. The van der Waals surface area contributed by atoms with Crippen molar-refractivity contribution in [2.24, 2.45) is 5.92 Å². The van der Waals surface area contributed by atoms with Crippen LogP contribution in [-0.4, -0.2) is 32.9 Å². The Kier molecular flexibility index (Phi) is 5.46. The highest BCUT2D eigenvalue weighted by atomic mass is 79.9. The van der Waals surface area contributed by atoms with Gasteiger partial charge in [-0.25, -0.2) is 8.42 Å². The maximum absolute atomic E-state index is 12.9. The van der Waals surface area contributed by atoms with Gasteiger partial charge in [-0.15, -0.1) is 0 Å². The minimum Gasteiger partial charge on any atom is -0.316 e. The summed E-state index contributed by atoms with van der Waals surface area (Å²) < 4.78 is 28.4. The van der Waals surface area contributed by atoms with E-state index < -0.39 is 10.0 Å². The molecule has 0 aromatic heterocycles. The second kappa shape index (κ2) is 6.77. The van der Waals surface area contributed by atoms with Gasteiger partial charge in [-0.3, -0.25) is 0 Å². The van der Waals surface area contributed by atoms with Crippen LogP contribution in [0.15, 0.2) is 21.5 Å². The number of benzene rings is 1. The molecule has 21 heavy (non-hydrogen) atoms. The van der Waals surface area contributed by atoms with Gasteiger partial charge in [-0.2, -0.15) is 4.31 Å². The van der Waals surface area contributed by atoms with Crippen molar-refractivity contribution < 1.29 is 8.42 Å². The lowest BCUT2D eigenvalue weighted by Crippen LogP contribution is -2.39. The standard InChI is InChI=1S/C15H23BrN2O2S/c1-11-5-4-6-18(10-11)21(19,20)15-8-13(9-17-3)7-14(16)12(15)2/h7-8,11,17H,4-6,9-10H2,1-3H3. The van der Waals surface area contributed by atoms with Crippen LogP contribution in [0.25, 0.3) is 0 Å². The van der Waals surface area contributed by atoms with Crippen LogP contribution in [0.2, 0.25) is 0 Å². The first-order valence-electron chi connectivity index (χ1n) is 7.30. The normalized spacial score (nSPS) is 20.7. The van der Waals surface area contributed by atoms with Gasteiger partial charge in [0.25, 0.3) is 0 Å². The molecule has 118 valence electrons. The van der Waals surface area contributed by atoms with Gasteiger partial charge in [0.2, 0.25) is 10.0 Å². The fraction of sp³-hybridized carbons (Fsp3) is 0.600. The summed E-state index contributed by atoms with van der Waals surface area (Å²) >= 11 is 3.48. The van der Waals surface area contributed by atoms with Gasteiger partial charge in [0, 0.05) is 24.1 Å². The molecular formula is C15H23BrN2O2S. The van der Waals surface area contributed by atoms with E-state index in [1.807, 2.05) is 20.0 Å². The van der Waals surface area contributed by atoms with Gasteiger partial charge in [-0.05, 0) is 56.0 Å². The smallest absolute Gasteiger partial charge is 0.243 e. The highest BCUT2D eigenvalue weighted by Crippen LogP contribution is 2.30. The molecule has 2 rings (SSSR count). The first kappa shape index (κ1) is 16.9. The highest BCUT2D eigenvalue weighted by Gasteiger charge is 2.30. The van der Waals surface area contributed by atoms with Crippen molar-refractivity contribution in [1.82, 2.24) is 9.62 Å². The molecule has 0 bridgehead atoms. The van der Waals surface area contributed by atoms with E-state index in [2.05, 4.69) is 28.2 Å². The van der Waals surface area contributed by atoms with E-state index in [4.69, 9.17) is 0 Å². The second-order valence-corrected chi connectivity index (χ2v) is 8.60. The molecule has 1 N–H and O–H groups in total. The van der Waals surface area contributed by atoms with Crippen LogP contribution in [0, 0.1) is 12.8 Å². The monoisotopic (exact) mass is 374 g/mol. The number of hydrogen-bond donors (Lipinski definition) is 1. The van der Waals surface area contributed by atoms with Crippen molar-refractivity contribution in [3.63, 3.8) is 0 Å². The summed E-state index contributed by atoms with van der Waals surface area (Å²) in [6.07, 6.45) is 2.05. The van der Waals surface area contributed by atoms with Gasteiger partial charge in [0.1, 0.15) is 0 Å². The van der Waals surface area contributed by atoms with Crippen LogP contribution in [0.4, 0.5) is 0 Å². The quantitative estimate of drug-likeness (QED) is 0.881. The zero-order chi connectivity index (χ0) is 15.6. The molecule has 1 aromatic carbocycles. The topological polar surface area (TPSA) is 49.4 Å². The molecule has 1 atom stereocenters. The predicted octanol–water partition coefficient (Wildman–Crippen LogP) is 2.90. The summed E-state index contributed by atoms with van der Waals surface area (Å²) in [4.78, 5) is 0.427. The van der Waals surface area contributed by atoms with Crippen LogP contribution in [0.1, 0.15) is 30.9 Å². The van der Waals surface area contributed by atoms with E-state index >= 15 is 0 Å². The molecule has 1 heterocycles. The third-order valence-electron chi connectivity index (χ3n) is 3.97. The van der Waals surface area contributed by atoms with Crippen LogP contribution in [0.5, 0.6) is 0 Å². The third kappa shape index (κ3) is 3.67. The molecule has 1 aromatic rings. The van der Waals surface area contributed by atoms with Crippen LogP contribution in [0.3, 0.4) is 0 Å². The summed E-state index contributed by atoms with van der Waals surface area (Å²) in [5.74, 6) is 0.428. The molecular weight excluding hydrogens is 352 g/mol. The van der Waals surface area contributed by atoms with Gasteiger partial charge >= 0.3 is 0 Å². The molecule has 6 heteroatoms. The zero-order valence-electron chi connectivity index (χ0n) is 12.8. The maximum Gasteiger partial charge on any atom is 0.243 e. The number of sulfonamides is 1. The van der Waals surface area contributed by atoms with Crippen LogP contribution < -0.4 is 5.32 Å². The average molecular weight is 375 g/mol. The summed E-state index contributed by atoms with van der Waals surface area (Å²) in [5.41, 5.74) is 1.76. The first-order valence-corrected chi connectivity index (χ1v) is 9.53. The molecule has 1 fully saturated rings. The lowest BCUT2D eigenvalue weighted by Gasteiger charge is -2.30. The molecule has 0 saturated carbocycles. The van der Waals surface area contributed by atoms with E-state index in [1.165, 1.54) is 0 Å². The third-order valence-corrected chi connectivity index (χ3v) is 6.79. The molecule has 0 amide bonds. The Morgan fingerprint density at radius 1 is 1.43 bits per heavy atom. The van der Waals surface area contributed by atoms with Crippen molar-refractivity contribution in [3.8, 4) is 0 Å². The van der Waals surface area contributed by atoms with Crippen LogP contribution >= 0.6 is 15.9 Å². The number of nitrogens with zero attached hydrogens (tertiary/aromatic N) is 1. The summed E-state index contributed by atoms with van der Waals surface area (Å²) in [7, 11) is -1.56. The van der Waals surface area contributed by atoms with E-state index in [-0.39, 0.29) is 0 Å². The predicted molar refractivity (Wildman–Crippen MR) is 88.8 cm³/mol. The molecule has 0 radical (unpaired) electrons. The minimum absolute atomic E-state index is 0.427. The zero-order valence-corrected chi connectivity index (χ0v) is 15.2. The van der Waals surface area contributed by atoms with Gasteiger partial charge in [-0.1, -0.05) is 22.9 Å². The lowest BCUT2D eigenvalue weighted by atomic mass is 10.0. The summed E-state index contributed by atoms with van der Waals surface area (Å²) in [6.45, 7) is 5.86. The molecule has 1 aliphatic rings. The number of halogens is 1. The lowest BCUT2D eigenvalue weighted by molar-refractivity contribution is 0.281. The Labute approximate surface area is 136 Å². The molecule has 0 spiro atoms. The van der Waals surface area contributed by atoms with Crippen molar-refractivity contribution in [2.45, 2.75) is 38.1 Å². The summed E-state index contributed by atoms with van der Waals surface area (Å²) in [6, 6.07) is 3.77. The van der Waals surface area contributed by atoms with E-state index in [0.29, 0.717) is 30.4 Å². The maximum atomic E-state index is 12.9. The Balaban J connectivity index is 2.43. The second-order valence-electron chi connectivity index (χ2n) is 5.84. The Morgan fingerprint density at radius 2 is 2.14 bits per heavy atom. The van der Waals surface area contributed by atoms with Crippen molar-refractivity contribution in [1.29, 1.82) is 0 Å². The Morgan fingerprint density at radius 3 is 2.76 bits per heavy atom. The number of hydrogen-bond acceptors (Lipinski definition) is 3. The van der Waals surface area contributed by atoms with Gasteiger partial charge in [0.15, 0.2) is 0 Å². The van der Waals surface area contributed by atoms with E-state index in [0.717, 1.165) is 28.4 Å². The van der Waals surface area contributed by atoms with E-state index in [9.17, 15) is 8.42 Å². The molecule has 1 unspecified atom stereocenters. The molecule has 1 aliphatic heterocycles. The summed E-state index contributed by atoms with van der Waals surface area (Å²) in [5, 5.41) is 3.07. The average Bonchev–Trinajstić information content (AvgIpc) is 2.42. The van der Waals surface area contributed by atoms with Crippen molar-refractivity contribution >= 4 is 26.0 Å². The van der Waals surface area contributed by atoms with Crippen LogP contribution in [-0.2, 0) is 16.6 Å². The van der Waals surface area contributed by atoms with Gasteiger partial charge < -0.3 is 5.32 Å². The fourth-order valence-electron chi connectivity index (χ4n) is 2.78. The van der Waals surface area contributed by atoms with Gasteiger partial charge in [0.05, 0.1) is 4.90 Å². The van der Waals surface area contributed by atoms with E-state index in [1.54, 1.807) is 10.4 Å². The Hall–Kier alpha value is -0.430. The fourth-order valence-corrected chi connectivity index (χ4v) is 5.32. The molecule has 0 aliphatic carbocycles. The highest BCUT2D eigenvalue weighted by molar-refractivity contribution is 9.10. The SMILES string of the molecule is CNCc1cc(Br)c(C)c(S(=O)(=O)N2CCCC(C)C2)c1. The number of rotatable bonds is 4. The number of nitrogens with one attached hydrogen (secondary N) is 1. The molecule has 1 saturated heterocycles. The number of piperidine rings is 1. The minimum atomic E-state index is -3.41. The van der Waals surface area contributed by atoms with Crippen molar-refractivity contribution in [3.05, 3.63) is 27.7 Å². The van der Waals surface area contributed by atoms with Crippen molar-refractivity contribution in [2.75, 3.05) is 20.1 Å². The largest absolute Gasteiger partial charge is 0.316 e. The first-order chi connectivity index (χ1) is 9.86.